The first kappa shape index (κ1) is 19.9. The van der Waals surface area contributed by atoms with Crippen LogP contribution in [0.5, 0.6) is 0 Å². The van der Waals surface area contributed by atoms with E-state index < -0.39 is 0 Å². The van der Waals surface area contributed by atoms with Gasteiger partial charge in [0.2, 0.25) is 0 Å². The Labute approximate surface area is 176 Å². The van der Waals surface area contributed by atoms with E-state index in [4.69, 9.17) is 4.98 Å². The van der Waals surface area contributed by atoms with Gasteiger partial charge in [0.05, 0.1) is 5.69 Å². The summed E-state index contributed by atoms with van der Waals surface area (Å²) in [6.45, 7) is 8.61. The van der Waals surface area contributed by atoms with E-state index in [0.29, 0.717) is 11.7 Å². The molecule has 0 aliphatic carbocycles. The van der Waals surface area contributed by atoms with Crippen molar-refractivity contribution in [3.8, 4) is 11.3 Å². The molecule has 1 aromatic carbocycles. The number of fused-ring (bicyclic) bond motifs is 1. The Hall–Kier alpha value is -2.37. The molecule has 3 heterocycles. The minimum absolute atomic E-state index is 0.0411. The smallest absolute Gasteiger partial charge is 0.258 e. The number of hydrogen-bond acceptors (Lipinski definition) is 4. The third kappa shape index (κ3) is 4.31. The fourth-order valence-corrected chi connectivity index (χ4v) is 4.49. The third-order valence-electron chi connectivity index (χ3n) is 5.44. The maximum absolute atomic E-state index is 12.8. The van der Waals surface area contributed by atoms with Gasteiger partial charge in [-0.2, -0.15) is 0 Å². The predicted molar refractivity (Wildman–Crippen MR) is 123 cm³/mol. The van der Waals surface area contributed by atoms with E-state index in [2.05, 4.69) is 49.9 Å². The van der Waals surface area contributed by atoms with Crippen molar-refractivity contribution >= 4 is 23.0 Å². The minimum Gasteiger partial charge on any atom is -0.297 e. The molecule has 3 aromatic rings. The summed E-state index contributed by atoms with van der Waals surface area (Å²) in [7, 11) is 0. The third-order valence-corrected chi connectivity index (χ3v) is 6.32. The van der Waals surface area contributed by atoms with Crippen LogP contribution in [0, 0.1) is 0 Å². The zero-order valence-corrected chi connectivity index (χ0v) is 18.1. The van der Waals surface area contributed by atoms with Gasteiger partial charge in [0.25, 0.3) is 5.56 Å². The zero-order chi connectivity index (χ0) is 20.4. The van der Waals surface area contributed by atoms with Crippen LogP contribution in [0.3, 0.4) is 0 Å². The molecular weight excluding hydrogens is 378 g/mol. The lowest BCUT2D eigenvalue weighted by Gasteiger charge is -2.29. The highest BCUT2D eigenvalue weighted by atomic mass is 32.2. The van der Waals surface area contributed by atoms with E-state index in [-0.39, 0.29) is 5.56 Å². The van der Waals surface area contributed by atoms with Crippen LogP contribution in [-0.2, 0) is 0 Å². The summed E-state index contributed by atoms with van der Waals surface area (Å²) in [6.07, 6.45) is 5.23. The second-order valence-electron chi connectivity index (χ2n) is 7.65. The van der Waals surface area contributed by atoms with Crippen LogP contribution >= 0.6 is 11.8 Å². The Morgan fingerprint density at radius 2 is 2.00 bits per heavy atom. The van der Waals surface area contributed by atoms with Gasteiger partial charge in [-0.1, -0.05) is 25.1 Å². The normalized spacial score (nSPS) is 15.1. The number of thioether (sulfide) groups is 1. The number of pyridine rings is 1. The van der Waals surface area contributed by atoms with Crippen LogP contribution < -0.4 is 5.56 Å². The average Bonchev–Trinajstić information content (AvgIpc) is 2.74. The Morgan fingerprint density at radius 3 is 2.72 bits per heavy atom. The Bertz CT molecular complexity index is 1120. The standard InChI is InChI=1S/C24H27N3OS/c1-4-29-21-7-5-6-19(14-21)22-15-24(28)27-16-20(8-9-23(27)25-22)18-10-12-26(13-11-18)17(2)3/h5-10,14-17H,4,11-13H2,1-3H3. The van der Waals surface area contributed by atoms with E-state index in [1.807, 2.05) is 24.4 Å². The highest BCUT2D eigenvalue weighted by Crippen LogP contribution is 2.26. The molecule has 0 fully saturated rings. The first-order valence-corrected chi connectivity index (χ1v) is 11.2. The van der Waals surface area contributed by atoms with Gasteiger partial charge < -0.3 is 0 Å². The van der Waals surface area contributed by atoms with E-state index in [0.717, 1.165) is 42.1 Å². The molecule has 2 aromatic heterocycles. The summed E-state index contributed by atoms with van der Waals surface area (Å²) >= 11 is 1.79. The van der Waals surface area contributed by atoms with E-state index >= 15 is 0 Å². The molecule has 0 atom stereocenters. The summed E-state index contributed by atoms with van der Waals surface area (Å²) in [5.41, 5.74) is 4.77. The van der Waals surface area contributed by atoms with E-state index in [1.165, 1.54) is 10.5 Å². The number of benzene rings is 1. The summed E-state index contributed by atoms with van der Waals surface area (Å²) in [4.78, 5) is 21.3. The number of nitrogens with zero attached hydrogens (tertiary/aromatic N) is 3. The van der Waals surface area contributed by atoms with Crippen molar-refractivity contribution in [2.45, 2.75) is 38.1 Å². The highest BCUT2D eigenvalue weighted by Gasteiger charge is 2.16. The molecule has 150 valence electrons. The monoisotopic (exact) mass is 405 g/mol. The number of aromatic nitrogens is 2. The molecular formula is C24H27N3OS. The highest BCUT2D eigenvalue weighted by molar-refractivity contribution is 7.99. The average molecular weight is 406 g/mol. The van der Waals surface area contributed by atoms with Crippen molar-refractivity contribution < 1.29 is 0 Å². The molecule has 0 spiro atoms. The zero-order valence-electron chi connectivity index (χ0n) is 17.3. The van der Waals surface area contributed by atoms with Gasteiger partial charge >= 0.3 is 0 Å². The van der Waals surface area contributed by atoms with Crippen LogP contribution in [-0.4, -0.2) is 39.2 Å². The van der Waals surface area contributed by atoms with Gasteiger partial charge in [-0.05, 0) is 61.4 Å². The Morgan fingerprint density at radius 1 is 1.14 bits per heavy atom. The molecule has 1 aliphatic heterocycles. The lowest BCUT2D eigenvalue weighted by Crippen LogP contribution is -2.34. The Kier molecular flexibility index (Phi) is 5.88. The largest absolute Gasteiger partial charge is 0.297 e. The second kappa shape index (κ2) is 8.56. The first-order chi connectivity index (χ1) is 14.0. The Balaban J connectivity index is 1.68. The molecule has 0 saturated heterocycles. The fourth-order valence-electron chi connectivity index (χ4n) is 3.77. The van der Waals surface area contributed by atoms with Crippen LogP contribution in [0.25, 0.3) is 22.5 Å². The molecule has 29 heavy (non-hydrogen) atoms. The van der Waals surface area contributed by atoms with Crippen molar-refractivity contribution in [2.75, 3.05) is 18.8 Å². The minimum atomic E-state index is -0.0411. The molecule has 0 bridgehead atoms. The van der Waals surface area contributed by atoms with Crippen molar-refractivity contribution in [1.82, 2.24) is 14.3 Å². The molecule has 1 aliphatic rings. The molecule has 4 nitrogen and oxygen atoms in total. The number of rotatable bonds is 5. The summed E-state index contributed by atoms with van der Waals surface area (Å²) < 4.78 is 1.67. The summed E-state index contributed by atoms with van der Waals surface area (Å²) in [5, 5.41) is 0. The SMILES string of the molecule is CCSc1cccc(-c2cc(=O)n3cc(C4=CCN(C(C)C)CC4)ccc3n2)c1. The predicted octanol–water partition coefficient (Wildman–Crippen LogP) is 4.97. The maximum atomic E-state index is 12.8. The van der Waals surface area contributed by atoms with E-state index in [9.17, 15) is 4.79 Å². The van der Waals surface area contributed by atoms with E-state index in [1.54, 1.807) is 22.2 Å². The summed E-state index contributed by atoms with van der Waals surface area (Å²) in [5.74, 6) is 1.02. The molecule has 0 N–H and O–H groups in total. The van der Waals surface area contributed by atoms with Crippen molar-refractivity contribution in [1.29, 1.82) is 0 Å². The second-order valence-corrected chi connectivity index (χ2v) is 8.99. The van der Waals surface area contributed by atoms with Crippen molar-refractivity contribution in [2.24, 2.45) is 0 Å². The lowest BCUT2D eigenvalue weighted by molar-refractivity contribution is 0.245. The van der Waals surface area contributed by atoms with Gasteiger partial charge in [-0.15, -0.1) is 11.8 Å². The molecule has 0 radical (unpaired) electrons. The van der Waals surface area contributed by atoms with Crippen LogP contribution in [0.4, 0.5) is 0 Å². The van der Waals surface area contributed by atoms with Crippen molar-refractivity contribution in [3.63, 3.8) is 0 Å². The van der Waals surface area contributed by atoms with Crippen molar-refractivity contribution in [3.05, 3.63) is 70.7 Å². The fraction of sp³-hybridized carbons (Fsp3) is 0.333. The van der Waals surface area contributed by atoms with Crippen LogP contribution in [0.2, 0.25) is 0 Å². The van der Waals surface area contributed by atoms with Gasteiger partial charge in [0.15, 0.2) is 0 Å². The quantitative estimate of drug-likeness (QED) is 0.562. The molecule has 0 amide bonds. The molecule has 0 unspecified atom stereocenters. The number of hydrogen-bond donors (Lipinski definition) is 0. The lowest BCUT2D eigenvalue weighted by atomic mass is 10.0. The first-order valence-electron chi connectivity index (χ1n) is 10.3. The molecule has 4 rings (SSSR count). The van der Waals surface area contributed by atoms with Gasteiger partial charge in [-0.25, -0.2) is 4.98 Å². The topological polar surface area (TPSA) is 37.6 Å². The van der Waals surface area contributed by atoms with Crippen LogP contribution in [0.15, 0.2) is 64.4 Å². The maximum Gasteiger partial charge on any atom is 0.258 e. The van der Waals surface area contributed by atoms with Crippen LogP contribution in [0.1, 0.15) is 32.8 Å². The molecule has 0 saturated carbocycles. The van der Waals surface area contributed by atoms with Gasteiger partial charge in [0, 0.05) is 41.9 Å². The molecule has 5 heteroatoms. The summed E-state index contributed by atoms with van der Waals surface area (Å²) in [6, 6.07) is 14.5. The van der Waals surface area contributed by atoms with Gasteiger partial charge in [0.1, 0.15) is 5.65 Å². The van der Waals surface area contributed by atoms with Gasteiger partial charge in [-0.3, -0.25) is 14.1 Å².